The Bertz CT molecular complexity index is 642. The molecule has 1 amide bonds. The van der Waals surface area contributed by atoms with E-state index in [9.17, 15) is 4.79 Å². The number of hydrogen-bond donors (Lipinski definition) is 2. The van der Waals surface area contributed by atoms with E-state index in [1.807, 2.05) is 38.1 Å². The van der Waals surface area contributed by atoms with Crippen LogP contribution in [0, 0.1) is 0 Å². The van der Waals surface area contributed by atoms with Crippen LogP contribution in [0.2, 0.25) is 0 Å². The summed E-state index contributed by atoms with van der Waals surface area (Å²) in [5, 5.41) is 11.4. The van der Waals surface area contributed by atoms with Crippen LogP contribution >= 0.6 is 11.8 Å². The quantitative estimate of drug-likeness (QED) is 0.563. The van der Waals surface area contributed by atoms with Crippen LogP contribution in [0.5, 0.6) is 5.75 Å². The summed E-state index contributed by atoms with van der Waals surface area (Å²) in [5.74, 6) is 7.59. The Morgan fingerprint density at radius 3 is 2.70 bits per heavy atom. The highest BCUT2D eigenvalue weighted by Gasteiger charge is 2.13. The van der Waals surface area contributed by atoms with Crippen molar-refractivity contribution < 1.29 is 9.53 Å². The van der Waals surface area contributed by atoms with Crippen LogP contribution in [0.1, 0.15) is 20.3 Å². The van der Waals surface area contributed by atoms with E-state index in [1.54, 1.807) is 0 Å². The lowest BCUT2D eigenvalue weighted by atomic mass is 10.2. The van der Waals surface area contributed by atoms with Gasteiger partial charge in [0.2, 0.25) is 11.1 Å². The highest BCUT2D eigenvalue weighted by molar-refractivity contribution is 7.99. The van der Waals surface area contributed by atoms with Crippen LogP contribution in [0.3, 0.4) is 0 Å². The fourth-order valence-electron chi connectivity index (χ4n) is 1.88. The Hall–Kier alpha value is -2.22. The van der Waals surface area contributed by atoms with Crippen LogP contribution < -0.4 is 15.9 Å². The first-order chi connectivity index (χ1) is 11.2. The number of amides is 1. The molecule has 0 aliphatic heterocycles. The van der Waals surface area contributed by atoms with Crippen molar-refractivity contribution in [1.82, 2.24) is 20.2 Å². The lowest BCUT2D eigenvalue weighted by Crippen LogP contribution is -2.26. The molecule has 2 aromatic rings. The molecule has 0 unspecified atom stereocenters. The van der Waals surface area contributed by atoms with Gasteiger partial charge in [-0.25, -0.2) is 4.68 Å². The molecular weight excluding hydrogens is 314 g/mol. The zero-order valence-corrected chi connectivity index (χ0v) is 14.1. The summed E-state index contributed by atoms with van der Waals surface area (Å²) in [6.45, 7) is 5.23. The molecule has 0 atom stereocenters. The lowest BCUT2D eigenvalue weighted by molar-refractivity contribution is -0.118. The van der Waals surface area contributed by atoms with Gasteiger partial charge in [0.25, 0.3) is 0 Å². The number of thioether (sulfide) groups is 1. The smallest absolute Gasteiger partial charge is 0.230 e. The van der Waals surface area contributed by atoms with Crippen LogP contribution in [0.15, 0.2) is 29.4 Å². The van der Waals surface area contributed by atoms with Gasteiger partial charge in [-0.2, -0.15) is 0 Å². The number of nitrogens with two attached hydrogens (primary N) is 1. The Kier molecular flexibility index (Phi) is 6.28. The zero-order valence-electron chi connectivity index (χ0n) is 13.3. The Morgan fingerprint density at radius 1 is 1.30 bits per heavy atom. The number of nitrogens with zero attached hydrogens (tertiary/aromatic N) is 3. The minimum absolute atomic E-state index is 0.0394. The number of carbonyl (C=O) groups excluding carboxylic acids is 1. The van der Waals surface area contributed by atoms with Gasteiger partial charge in [-0.05, 0) is 37.6 Å². The maximum atomic E-state index is 11.6. The monoisotopic (exact) mass is 335 g/mol. The second-order valence-electron chi connectivity index (χ2n) is 4.77. The van der Waals surface area contributed by atoms with Crippen molar-refractivity contribution in [1.29, 1.82) is 0 Å². The molecule has 0 fully saturated rings. The maximum Gasteiger partial charge on any atom is 0.230 e. The molecular formula is C15H21N5O2S. The second-order valence-corrected chi connectivity index (χ2v) is 5.71. The van der Waals surface area contributed by atoms with Crippen LogP contribution in [0.4, 0.5) is 0 Å². The number of nitrogen functional groups attached to an aromatic ring is 1. The average molecular weight is 335 g/mol. The molecule has 1 aromatic carbocycles. The number of aromatic nitrogens is 3. The van der Waals surface area contributed by atoms with Gasteiger partial charge in [-0.1, -0.05) is 18.7 Å². The topological polar surface area (TPSA) is 95.1 Å². The van der Waals surface area contributed by atoms with Crippen molar-refractivity contribution in [2.75, 3.05) is 24.7 Å². The lowest BCUT2D eigenvalue weighted by Gasteiger charge is -2.06. The first-order valence-electron chi connectivity index (χ1n) is 7.49. The fourth-order valence-corrected chi connectivity index (χ4v) is 2.57. The number of nitrogens with one attached hydrogen (secondary N) is 1. The van der Waals surface area contributed by atoms with Crippen LogP contribution in [-0.4, -0.2) is 39.7 Å². The summed E-state index contributed by atoms with van der Waals surface area (Å²) in [6.07, 6.45) is 0.908. The van der Waals surface area contributed by atoms with Crippen molar-refractivity contribution >= 4 is 17.7 Å². The van der Waals surface area contributed by atoms with Gasteiger partial charge < -0.3 is 15.9 Å². The summed E-state index contributed by atoms with van der Waals surface area (Å²) < 4.78 is 6.80. The Labute approximate surface area is 139 Å². The minimum Gasteiger partial charge on any atom is -0.494 e. The molecule has 1 aromatic heterocycles. The van der Waals surface area contributed by atoms with E-state index in [-0.39, 0.29) is 11.7 Å². The van der Waals surface area contributed by atoms with E-state index in [0.717, 1.165) is 17.7 Å². The van der Waals surface area contributed by atoms with Crippen molar-refractivity contribution in [2.45, 2.75) is 25.4 Å². The molecule has 1 heterocycles. The SMILES string of the molecule is CCCNC(=O)CSc1nnc(-c2ccc(OCC)cc2)n1N. The van der Waals surface area contributed by atoms with Gasteiger partial charge in [0.15, 0.2) is 5.82 Å². The van der Waals surface area contributed by atoms with E-state index < -0.39 is 0 Å². The summed E-state index contributed by atoms with van der Waals surface area (Å²) in [4.78, 5) is 11.6. The molecule has 3 N–H and O–H groups in total. The molecule has 0 aliphatic carbocycles. The molecule has 0 radical (unpaired) electrons. The molecule has 7 nitrogen and oxygen atoms in total. The van der Waals surface area contributed by atoms with Gasteiger partial charge in [-0.15, -0.1) is 10.2 Å². The summed E-state index contributed by atoms with van der Waals surface area (Å²) >= 11 is 1.26. The van der Waals surface area contributed by atoms with E-state index in [4.69, 9.17) is 10.6 Å². The van der Waals surface area contributed by atoms with Gasteiger partial charge >= 0.3 is 0 Å². The molecule has 0 spiro atoms. The average Bonchev–Trinajstić information content (AvgIpc) is 2.93. The zero-order chi connectivity index (χ0) is 16.7. The van der Waals surface area contributed by atoms with Crippen molar-refractivity contribution in [2.24, 2.45) is 0 Å². The first kappa shape index (κ1) is 17.1. The van der Waals surface area contributed by atoms with E-state index >= 15 is 0 Å². The van der Waals surface area contributed by atoms with Gasteiger partial charge in [-0.3, -0.25) is 4.79 Å². The minimum atomic E-state index is -0.0394. The Balaban J connectivity index is 2.02. The molecule has 124 valence electrons. The predicted octanol–water partition coefficient (Wildman–Crippen LogP) is 1.68. The largest absolute Gasteiger partial charge is 0.494 e. The molecule has 2 rings (SSSR count). The summed E-state index contributed by atoms with van der Waals surface area (Å²) in [6, 6.07) is 7.47. The van der Waals surface area contributed by atoms with Crippen molar-refractivity contribution in [3.05, 3.63) is 24.3 Å². The van der Waals surface area contributed by atoms with Gasteiger partial charge in [0.1, 0.15) is 5.75 Å². The van der Waals surface area contributed by atoms with Gasteiger partial charge in [0.05, 0.1) is 12.4 Å². The molecule has 23 heavy (non-hydrogen) atoms. The molecule has 0 saturated heterocycles. The van der Waals surface area contributed by atoms with Crippen LogP contribution in [0.25, 0.3) is 11.4 Å². The highest BCUT2D eigenvalue weighted by atomic mass is 32.2. The normalized spacial score (nSPS) is 10.5. The third kappa shape index (κ3) is 4.62. The summed E-state index contributed by atoms with van der Waals surface area (Å²) in [7, 11) is 0. The first-order valence-corrected chi connectivity index (χ1v) is 8.47. The number of benzene rings is 1. The van der Waals surface area contributed by atoms with E-state index in [0.29, 0.717) is 24.1 Å². The number of ether oxygens (including phenoxy) is 1. The molecule has 0 bridgehead atoms. The number of hydrogen-bond acceptors (Lipinski definition) is 6. The molecule has 0 aliphatic rings. The third-order valence-corrected chi connectivity index (χ3v) is 3.94. The van der Waals surface area contributed by atoms with Crippen LogP contribution in [-0.2, 0) is 4.79 Å². The molecule has 8 heteroatoms. The number of carbonyl (C=O) groups is 1. The van der Waals surface area contributed by atoms with E-state index in [2.05, 4.69) is 15.5 Å². The molecule has 0 saturated carbocycles. The van der Waals surface area contributed by atoms with E-state index in [1.165, 1.54) is 16.4 Å². The number of rotatable bonds is 8. The third-order valence-electron chi connectivity index (χ3n) is 2.99. The van der Waals surface area contributed by atoms with Gasteiger partial charge in [0, 0.05) is 12.1 Å². The summed E-state index contributed by atoms with van der Waals surface area (Å²) in [5.41, 5.74) is 0.839. The maximum absolute atomic E-state index is 11.6. The predicted molar refractivity (Wildman–Crippen MR) is 90.8 cm³/mol. The fraction of sp³-hybridized carbons (Fsp3) is 0.400. The Morgan fingerprint density at radius 2 is 2.04 bits per heavy atom. The standard InChI is InChI=1S/C15H21N5O2S/c1-3-9-17-13(21)10-23-15-19-18-14(20(15)16)11-5-7-12(8-6-11)22-4-2/h5-8H,3-4,9-10,16H2,1-2H3,(H,17,21). The van der Waals surface area contributed by atoms with Crippen molar-refractivity contribution in [3.63, 3.8) is 0 Å². The highest BCUT2D eigenvalue weighted by Crippen LogP contribution is 2.23. The van der Waals surface area contributed by atoms with Crippen molar-refractivity contribution in [3.8, 4) is 17.1 Å². The second kappa shape index (κ2) is 8.42.